The van der Waals surface area contributed by atoms with Crippen LogP contribution in [0.1, 0.15) is 57.6 Å². The van der Waals surface area contributed by atoms with Gasteiger partial charge < -0.3 is 15.2 Å². The Morgan fingerprint density at radius 2 is 2.15 bits per heavy atom. The number of nitrogens with one attached hydrogen (secondary N) is 1. The van der Waals surface area contributed by atoms with Gasteiger partial charge in [-0.15, -0.1) is 0 Å². The number of hydrogen-bond acceptors (Lipinski definition) is 3. The van der Waals surface area contributed by atoms with Crippen molar-refractivity contribution in [3.63, 3.8) is 0 Å². The summed E-state index contributed by atoms with van der Waals surface area (Å²) in [6.07, 6.45) is 4.75. The lowest BCUT2D eigenvalue weighted by Crippen LogP contribution is -2.42. The van der Waals surface area contributed by atoms with Crippen LogP contribution in [0.5, 0.6) is 0 Å². The minimum absolute atomic E-state index is 0.222. The van der Waals surface area contributed by atoms with Gasteiger partial charge in [0.1, 0.15) is 0 Å². The molecule has 112 valence electrons. The first kappa shape index (κ1) is 15.5. The lowest BCUT2D eigenvalue weighted by molar-refractivity contribution is -0.256. The Bertz CT molecular complexity index is 395. The van der Waals surface area contributed by atoms with Crippen molar-refractivity contribution < 1.29 is 9.84 Å². The molecule has 0 aromatic heterocycles. The van der Waals surface area contributed by atoms with Crippen LogP contribution >= 0.6 is 0 Å². The molecule has 0 spiro atoms. The molecule has 2 unspecified atom stereocenters. The van der Waals surface area contributed by atoms with Crippen LogP contribution in [0.15, 0.2) is 30.3 Å². The molecule has 1 aromatic rings. The summed E-state index contributed by atoms with van der Waals surface area (Å²) in [4.78, 5) is 0. The van der Waals surface area contributed by atoms with E-state index in [1.165, 1.54) is 5.56 Å². The first-order chi connectivity index (χ1) is 9.63. The van der Waals surface area contributed by atoms with Gasteiger partial charge in [-0.3, -0.25) is 0 Å². The van der Waals surface area contributed by atoms with Gasteiger partial charge in [-0.05, 0) is 31.7 Å². The largest absolute Gasteiger partial charge is 0.365 e. The summed E-state index contributed by atoms with van der Waals surface area (Å²) in [5, 5.41) is 14.0. The first-order valence-corrected chi connectivity index (χ1v) is 7.81. The van der Waals surface area contributed by atoms with Crippen molar-refractivity contribution >= 4 is 0 Å². The standard InChI is InChI=1S/C17H27NO2/c1-3-16-10-7-11-17(19,20-16)12-13-18-14(2)15-8-5-4-6-9-15/h4-6,8-9,14,16,18-19H,3,7,10-13H2,1-2H3/t14?,16-,17?/m0/s1. The molecule has 3 atom stereocenters. The number of benzene rings is 1. The highest BCUT2D eigenvalue weighted by Crippen LogP contribution is 2.30. The van der Waals surface area contributed by atoms with Crippen LogP contribution in [0, 0.1) is 0 Å². The quantitative estimate of drug-likeness (QED) is 0.837. The molecule has 1 heterocycles. The van der Waals surface area contributed by atoms with E-state index in [1.54, 1.807) is 0 Å². The second-order valence-corrected chi connectivity index (χ2v) is 5.82. The van der Waals surface area contributed by atoms with Crippen molar-refractivity contribution in [1.82, 2.24) is 5.32 Å². The van der Waals surface area contributed by atoms with Gasteiger partial charge in [0, 0.05) is 25.4 Å². The fourth-order valence-electron chi connectivity index (χ4n) is 2.85. The second-order valence-electron chi connectivity index (χ2n) is 5.82. The van der Waals surface area contributed by atoms with Crippen LogP contribution in [0.4, 0.5) is 0 Å². The maximum absolute atomic E-state index is 10.5. The Kier molecular flexibility index (Phi) is 5.58. The van der Waals surface area contributed by atoms with E-state index in [4.69, 9.17) is 4.74 Å². The van der Waals surface area contributed by atoms with Crippen LogP contribution in [-0.4, -0.2) is 23.5 Å². The van der Waals surface area contributed by atoms with E-state index in [-0.39, 0.29) is 6.10 Å². The average molecular weight is 277 g/mol. The van der Waals surface area contributed by atoms with E-state index in [0.717, 1.165) is 32.2 Å². The molecular weight excluding hydrogens is 250 g/mol. The molecule has 0 saturated carbocycles. The fourth-order valence-corrected chi connectivity index (χ4v) is 2.85. The van der Waals surface area contributed by atoms with Crippen LogP contribution in [0.3, 0.4) is 0 Å². The molecule has 0 aliphatic carbocycles. The highest BCUT2D eigenvalue weighted by molar-refractivity contribution is 5.17. The fraction of sp³-hybridized carbons (Fsp3) is 0.647. The Hall–Kier alpha value is -0.900. The molecule has 20 heavy (non-hydrogen) atoms. The Balaban J connectivity index is 1.77. The Morgan fingerprint density at radius 1 is 1.40 bits per heavy atom. The van der Waals surface area contributed by atoms with E-state index in [1.807, 2.05) is 6.07 Å². The van der Waals surface area contributed by atoms with Crippen LogP contribution in [-0.2, 0) is 4.74 Å². The van der Waals surface area contributed by atoms with Gasteiger partial charge in [0.2, 0.25) is 0 Å². The topological polar surface area (TPSA) is 41.5 Å². The highest BCUT2D eigenvalue weighted by Gasteiger charge is 2.33. The van der Waals surface area contributed by atoms with E-state index < -0.39 is 5.79 Å². The average Bonchev–Trinajstić information content (AvgIpc) is 2.48. The van der Waals surface area contributed by atoms with E-state index in [0.29, 0.717) is 12.5 Å². The molecule has 1 fully saturated rings. The molecule has 3 heteroatoms. The van der Waals surface area contributed by atoms with Gasteiger partial charge in [-0.2, -0.15) is 0 Å². The zero-order chi connectivity index (χ0) is 14.4. The van der Waals surface area contributed by atoms with Gasteiger partial charge in [0.05, 0.1) is 6.10 Å². The summed E-state index contributed by atoms with van der Waals surface area (Å²) in [6, 6.07) is 10.7. The molecule has 0 amide bonds. The Labute approximate surface area is 122 Å². The van der Waals surface area contributed by atoms with Crippen LogP contribution in [0.2, 0.25) is 0 Å². The van der Waals surface area contributed by atoms with E-state index in [2.05, 4.69) is 43.4 Å². The van der Waals surface area contributed by atoms with Gasteiger partial charge in [-0.1, -0.05) is 37.3 Å². The molecule has 0 bridgehead atoms. The van der Waals surface area contributed by atoms with E-state index in [9.17, 15) is 5.11 Å². The van der Waals surface area contributed by atoms with E-state index >= 15 is 0 Å². The molecule has 1 aliphatic rings. The SMILES string of the molecule is CC[C@H]1CCCC(O)(CCNC(C)c2ccccc2)O1. The van der Waals surface area contributed by atoms with Gasteiger partial charge in [0.15, 0.2) is 5.79 Å². The summed E-state index contributed by atoms with van der Waals surface area (Å²) in [7, 11) is 0. The zero-order valence-corrected chi connectivity index (χ0v) is 12.6. The van der Waals surface area contributed by atoms with Gasteiger partial charge in [-0.25, -0.2) is 0 Å². The highest BCUT2D eigenvalue weighted by atomic mass is 16.6. The maximum atomic E-state index is 10.5. The minimum Gasteiger partial charge on any atom is -0.365 e. The summed E-state index contributed by atoms with van der Waals surface area (Å²) in [5.41, 5.74) is 1.27. The molecule has 3 nitrogen and oxygen atoms in total. The predicted octanol–water partition coefficient (Wildman–Crippen LogP) is 3.40. The molecule has 1 saturated heterocycles. The lowest BCUT2D eigenvalue weighted by Gasteiger charge is -2.37. The molecule has 2 N–H and O–H groups in total. The molecule has 1 aromatic carbocycles. The van der Waals surface area contributed by atoms with Crippen molar-refractivity contribution in [2.24, 2.45) is 0 Å². The summed E-state index contributed by atoms with van der Waals surface area (Å²) in [5.74, 6) is -0.928. The molecule has 2 rings (SSSR count). The second kappa shape index (κ2) is 7.21. The third kappa shape index (κ3) is 4.30. The van der Waals surface area contributed by atoms with Crippen molar-refractivity contribution in [1.29, 1.82) is 0 Å². The summed E-state index contributed by atoms with van der Waals surface area (Å²) in [6.45, 7) is 5.03. The monoisotopic (exact) mass is 277 g/mol. The molecule has 0 radical (unpaired) electrons. The maximum Gasteiger partial charge on any atom is 0.166 e. The number of ether oxygens (including phenoxy) is 1. The summed E-state index contributed by atoms with van der Waals surface area (Å²) < 4.78 is 5.83. The van der Waals surface area contributed by atoms with Gasteiger partial charge >= 0.3 is 0 Å². The third-order valence-electron chi connectivity index (χ3n) is 4.20. The number of aliphatic hydroxyl groups is 1. The summed E-state index contributed by atoms with van der Waals surface area (Å²) >= 11 is 0. The lowest BCUT2D eigenvalue weighted by atomic mass is 9.97. The zero-order valence-electron chi connectivity index (χ0n) is 12.6. The van der Waals surface area contributed by atoms with Crippen LogP contribution in [0.25, 0.3) is 0 Å². The minimum atomic E-state index is -0.928. The van der Waals surface area contributed by atoms with Crippen molar-refractivity contribution in [3.8, 4) is 0 Å². The Morgan fingerprint density at radius 3 is 2.85 bits per heavy atom. The molecular formula is C17H27NO2. The predicted molar refractivity (Wildman–Crippen MR) is 81.4 cm³/mol. The number of rotatable bonds is 6. The van der Waals surface area contributed by atoms with Crippen LogP contribution < -0.4 is 5.32 Å². The smallest absolute Gasteiger partial charge is 0.166 e. The van der Waals surface area contributed by atoms with Crippen molar-refractivity contribution in [3.05, 3.63) is 35.9 Å². The number of hydrogen-bond donors (Lipinski definition) is 2. The van der Waals surface area contributed by atoms with Crippen molar-refractivity contribution in [2.45, 2.75) is 63.9 Å². The molecule has 1 aliphatic heterocycles. The normalized spacial score (nSPS) is 28.2. The van der Waals surface area contributed by atoms with Gasteiger partial charge in [0.25, 0.3) is 0 Å². The first-order valence-electron chi connectivity index (χ1n) is 7.81. The third-order valence-corrected chi connectivity index (χ3v) is 4.20. The van der Waals surface area contributed by atoms with Crippen molar-refractivity contribution in [2.75, 3.05) is 6.54 Å².